The van der Waals surface area contributed by atoms with Crippen molar-refractivity contribution >= 4 is 33.8 Å². The summed E-state index contributed by atoms with van der Waals surface area (Å²) in [6, 6.07) is 19.7. The van der Waals surface area contributed by atoms with Crippen LogP contribution in [0.4, 0.5) is 5.69 Å². The number of hydrogen-bond acceptors (Lipinski definition) is 6. The van der Waals surface area contributed by atoms with Gasteiger partial charge in [-0.25, -0.2) is 9.50 Å². The molecule has 39 heavy (non-hydrogen) atoms. The zero-order valence-corrected chi connectivity index (χ0v) is 22.0. The lowest BCUT2D eigenvalue weighted by Crippen LogP contribution is -2.44. The van der Waals surface area contributed by atoms with Gasteiger partial charge in [0.05, 0.1) is 28.0 Å². The Morgan fingerprint density at radius 1 is 0.949 bits per heavy atom. The van der Waals surface area contributed by atoms with E-state index in [9.17, 15) is 0 Å². The summed E-state index contributed by atoms with van der Waals surface area (Å²) in [5.74, 6) is 0. The minimum absolute atomic E-state index is 0.553. The van der Waals surface area contributed by atoms with Crippen molar-refractivity contribution in [1.82, 2.24) is 34.7 Å². The summed E-state index contributed by atoms with van der Waals surface area (Å²) >= 11 is 7.00. The Balaban J connectivity index is 1.30. The molecule has 0 amide bonds. The Morgan fingerprint density at radius 3 is 2.64 bits per heavy atom. The first-order valence-corrected chi connectivity index (χ1v) is 13.5. The number of aromatic nitrogens is 6. The van der Waals surface area contributed by atoms with E-state index in [1.807, 2.05) is 47.2 Å². The van der Waals surface area contributed by atoms with Crippen LogP contribution in [-0.2, 0) is 0 Å². The summed E-state index contributed by atoms with van der Waals surface area (Å²) in [5, 5.41) is 14.2. The maximum absolute atomic E-state index is 7.00. The number of likely N-dealkylation sites (tertiary alicyclic amines) is 1. The SMILES string of the molecule is CN1C[C@H]2C[C@@H]1CN2c1ccc(-c2ccnc3c(-c4cccc5[nH]ncc45)c(-c4ccncc4)nn23)c(Cl)c1. The Bertz CT molecular complexity index is 1860. The number of nitrogens with zero attached hydrogens (tertiary/aromatic N) is 7. The summed E-state index contributed by atoms with van der Waals surface area (Å²) < 4.78 is 1.91. The number of likely N-dealkylation sites (N-methyl/N-ethyl adjacent to an activating group) is 1. The second kappa shape index (κ2) is 8.62. The average Bonchev–Trinajstić information content (AvgIpc) is 3.75. The number of H-pyrrole nitrogens is 1. The third-order valence-corrected chi connectivity index (χ3v) is 8.61. The van der Waals surface area contributed by atoms with Gasteiger partial charge in [-0.1, -0.05) is 23.7 Å². The Kier molecular flexibility index (Phi) is 5.02. The van der Waals surface area contributed by atoms with Gasteiger partial charge in [0.1, 0.15) is 5.69 Å². The van der Waals surface area contributed by atoms with Crippen molar-refractivity contribution in [2.45, 2.75) is 18.5 Å². The molecule has 6 aromatic rings. The van der Waals surface area contributed by atoms with Gasteiger partial charge in [-0.2, -0.15) is 10.2 Å². The van der Waals surface area contributed by atoms with Crippen molar-refractivity contribution in [2.24, 2.45) is 0 Å². The van der Waals surface area contributed by atoms with E-state index >= 15 is 0 Å². The highest BCUT2D eigenvalue weighted by molar-refractivity contribution is 6.33. The van der Waals surface area contributed by atoms with Gasteiger partial charge in [-0.15, -0.1) is 0 Å². The van der Waals surface area contributed by atoms with Crippen LogP contribution in [0.2, 0.25) is 5.02 Å². The largest absolute Gasteiger partial charge is 0.366 e. The van der Waals surface area contributed by atoms with Gasteiger partial charge >= 0.3 is 0 Å². The van der Waals surface area contributed by atoms with Crippen molar-refractivity contribution in [3.05, 3.63) is 84.4 Å². The first-order valence-electron chi connectivity index (χ1n) is 13.1. The van der Waals surface area contributed by atoms with Gasteiger partial charge < -0.3 is 4.90 Å². The number of pyridine rings is 1. The quantitative estimate of drug-likeness (QED) is 0.321. The van der Waals surface area contributed by atoms with Crippen LogP contribution in [0.1, 0.15) is 6.42 Å². The zero-order valence-electron chi connectivity index (χ0n) is 21.3. The molecular weight excluding hydrogens is 508 g/mol. The van der Waals surface area contributed by atoms with Gasteiger partial charge in [0.15, 0.2) is 5.65 Å². The zero-order chi connectivity index (χ0) is 26.1. The number of anilines is 1. The molecule has 2 bridgehead atoms. The third kappa shape index (κ3) is 3.48. The predicted octanol–water partition coefficient (Wildman–Crippen LogP) is 5.55. The minimum atomic E-state index is 0.553. The molecule has 192 valence electrons. The summed E-state index contributed by atoms with van der Waals surface area (Å²) in [5.41, 5.74) is 8.47. The lowest BCUT2D eigenvalue weighted by molar-refractivity contribution is 0.292. The van der Waals surface area contributed by atoms with E-state index < -0.39 is 0 Å². The Labute approximate surface area is 229 Å². The van der Waals surface area contributed by atoms with Crippen LogP contribution < -0.4 is 4.90 Å². The molecule has 0 aliphatic carbocycles. The monoisotopic (exact) mass is 532 g/mol. The van der Waals surface area contributed by atoms with Crippen LogP contribution in [-0.4, -0.2) is 66.9 Å². The van der Waals surface area contributed by atoms with E-state index in [4.69, 9.17) is 21.7 Å². The van der Waals surface area contributed by atoms with Crippen LogP contribution in [0.25, 0.3) is 50.2 Å². The second-order valence-electron chi connectivity index (χ2n) is 10.5. The normalized spacial score (nSPS) is 19.1. The molecule has 8 nitrogen and oxygen atoms in total. The summed E-state index contributed by atoms with van der Waals surface area (Å²) in [6.07, 6.45) is 8.48. The highest BCUT2D eigenvalue weighted by Gasteiger charge is 2.41. The van der Waals surface area contributed by atoms with Crippen molar-refractivity contribution in [1.29, 1.82) is 0 Å². The summed E-state index contributed by atoms with van der Waals surface area (Å²) in [7, 11) is 2.22. The molecule has 9 heteroatoms. The highest BCUT2D eigenvalue weighted by atomic mass is 35.5. The maximum atomic E-state index is 7.00. The second-order valence-corrected chi connectivity index (χ2v) is 10.9. The molecular formula is C30H25ClN8. The molecule has 0 radical (unpaired) electrons. The minimum Gasteiger partial charge on any atom is -0.366 e. The van der Waals surface area contributed by atoms with Gasteiger partial charge in [-0.3, -0.25) is 15.0 Å². The fourth-order valence-corrected chi connectivity index (χ4v) is 6.64. The summed E-state index contributed by atoms with van der Waals surface area (Å²) in [6.45, 7) is 2.15. The number of benzene rings is 2. The third-order valence-electron chi connectivity index (χ3n) is 8.30. The molecule has 2 aromatic carbocycles. The van der Waals surface area contributed by atoms with Gasteiger partial charge in [0, 0.05) is 66.0 Å². The predicted molar refractivity (Wildman–Crippen MR) is 154 cm³/mol. The summed E-state index contributed by atoms with van der Waals surface area (Å²) in [4.78, 5) is 14.0. The van der Waals surface area contributed by atoms with Crippen molar-refractivity contribution in [3.63, 3.8) is 0 Å². The van der Waals surface area contributed by atoms with Crippen LogP contribution >= 0.6 is 11.6 Å². The number of fused-ring (bicyclic) bond motifs is 4. The smallest absolute Gasteiger partial charge is 0.164 e. The molecule has 1 N–H and O–H groups in total. The van der Waals surface area contributed by atoms with Crippen LogP contribution in [0.5, 0.6) is 0 Å². The topological polar surface area (TPSA) is 78.2 Å². The van der Waals surface area contributed by atoms with Crippen molar-refractivity contribution < 1.29 is 0 Å². The standard InChI is InChI=1S/C30H25ClN8/c1-37-16-21-13-20(37)17-38(21)19-5-6-23(25(31)14-19)27-9-12-33-30-28(22-3-2-4-26-24(22)15-34-35-26)29(36-39(27)30)18-7-10-32-11-8-18/h2-12,14-15,20-21H,13,16-17H2,1H3,(H,34,35)/t20-,21-/m1/s1. The molecule has 0 unspecified atom stereocenters. The molecule has 4 aromatic heterocycles. The number of rotatable bonds is 4. The molecule has 2 saturated heterocycles. The average molecular weight is 533 g/mol. The number of halogens is 1. The van der Waals surface area contributed by atoms with E-state index in [0.29, 0.717) is 17.1 Å². The molecule has 2 aliphatic rings. The van der Waals surface area contributed by atoms with Crippen LogP contribution in [0.3, 0.4) is 0 Å². The fraction of sp³-hybridized carbons (Fsp3) is 0.200. The number of piperazine rings is 1. The maximum Gasteiger partial charge on any atom is 0.164 e. The highest BCUT2D eigenvalue weighted by Crippen LogP contribution is 2.41. The number of nitrogens with one attached hydrogen (secondary N) is 1. The molecule has 2 fully saturated rings. The van der Waals surface area contributed by atoms with Crippen LogP contribution in [0.15, 0.2) is 79.4 Å². The van der Waals surface area contributed by atoms with Crippen LogP contribution in [0, 0.1) is 0 Å². The van der Waals surface area contributed by atoms with E-state index in [1.165, 1.54) is 12.1 Å². The van der Waals surface area contributed by atoms with Crippen molar-refractivity contribution in [2.75, 3.05) is 25.0 Å². The molecule has 8 rings (SSSR count). The molecule has 0 saturated carbocycles. The van der Waals surface area contributed by atoms with Crippen molar-refractivity contribution in [3.8, 4) is 33.6 Å². The molecule has 0 spiro atoms. The van der Waals surface area contributed by atoms with Gasteiger partial charge in [0.25, 0.3) is 0 Å². The van der Waals surface area contributed by atoms with E-state index in [0.717, 1.165) is 63.3 Å². The lowest BCUT2D eigenvalue weighted by atomic mass is 9.99. The van der Waals surface area contributed by atoms with Gasteiger partial charge in [-0.05, 0) is 61.5 Å². The fourth-order valence-electron chi connectivity index (χ4n) is 6.37. The molecule has 2 atom stereocenters. The lowest BCUT2D eigenvalue weighted by Gasteiger charge is -2.33. The first-order chi connectivity index (χ1) is 19.2. The van der Waals surface area contributed by atoms with Gasteiger partial charge in [0.2, 0.25) is 0 Å². The van der Waals surface area contributed by atoms with E-state index in [2.05, 4.69) is 56.3 Å². The number of hydrogen-bond donors (Lipinski definition) is 1. The van der Waals surface area contributed by atoms with E-state index in [-0.39, 0.29) is 0 Å². The molecule has 2 aliphatic heterocycles. The van der Waals surface area contributed by atoms with E-state index in [1.54, 1.807) is 12.4 Å². The number of aromatic amines is 1. The Hall–Kier alpha value is -4.27. The molecule has 6 heterocycles. The first kappa shape index (κ1) is 22.7. The Morgan fingerprint density at radius 2 is 1.85 bits per heavy atom.